The van der Waals surface area contributed by atoms with Gasteiger partial charge in [-0.15, -0.1) is 0 Å². The highest BCUT2D eigenvalue weighted by Gasteiger charge is 2.30. The average Bonchev–Trinajstić information content (AvgIpc) is 2.29. The highest BCUT2D eigenvalue weighted by molar-refractivity contribution is 5.77. The van der Waals surface area contributed by atoms with E-state index in [4.69, 9.17) is 10.9 Å². The molecule has 64 valence electrons. The second kappa shape index (κ2) is 2.60. The van der Waals surface area contributed by atoms with E-state index in [1.54, 1.807) is 0 Å². The van der Waals surface area contributed by atoms with E-state index in [0.29, 0.717) is 5.41 Å². The lowest BCUT2D eigenvalue weighted by atomic mass is 9.93. The van der Waals surface area contributed by atoms with Gasteiger partial charge in [-0.25, -0.2) is 0 Å². The number of hydrogen-bond donors (Lipinski definition) is 2. The van der Waals surface area contributed by atoms with Crippen molar-refractivity contribution in [3.05, 3.63) is 0 Å². The van der Waals surface area contributed by atoms with Crippen LogP contribution in [0.15, 0.2) is 5.16 Å². The van der Waals surface area contributed by atoms with Gasteiger partial charge in [0.2, 0.25) is 5.96 Å². The molecular formula is C7H15N3O. The summed E-state index contributed by atoms with van der Waals surface area (Å²) in [4.78, 5) is 1.89. The molecule has 11 heavy (non-hydrogen) atoms. The summed E-state index contributed by atoms with van der Waals surface area (Å²) < 4.78 is 0. The van der Waals surface area contributed by atoms with Gasteiger partial charge in [0.15, 0.2) is 0 Å². The fourth-order valence-corrected chi connectivity index (χ4v) is 1.37. The minimum atomic E-state index is 0.232. The van der Waals surface area contributed by atoms with E-state index in [1.165, 1.54) is 0 Å². The number of likely N-dealkylation sites (tertiary alicyclic amines) is 1. The van der Waals surface area contributed by atoms with Gasteiger partial charge in [-0.05, 0) is 11.8 Å². The van der Waals surface area contributed by atoms with Crippen molar-refractivity contribution < 1.29 is 5.21 Å². The second-order valence-corrected chi connectivity index (χ2v) is 3.79. The lowest BCUT2D eigenvalue weighted by Gasteiger charge is -2.19. The van der Waals surface area contributed by atoms with E-state index in [1.807, 2.05) is 4.90 Å². The summed E-state index contributed by atoms with van der Waals surface area (Å²) in [6.45, 7) is 6.13. The smallest absolute Gasteiger partial charge is 0.233 e. The summed E-state index contributed by atoms with van der Waals surface area (Å²) in [5.41, 5.74) is 5.73. The Bertz CT molecular complexity index is 177. The molecule has 0 radical (unpaired) electrons. The molecule has 1 saturated heterocycles. The Hall–Kier alpha value is -0.930. The molecule has 0 aromatic carbocycles. The minimum absolute atomic E-state index is 0.232. The standard InChI is InChI=1S/C7H15N3O/c1-7(2)3-4-10(5-7)6(8)9-11/h11H,3-5H2,1-2H3,(H2,8,9). The average molecular weight is 157 g/mol. The topological polar surface area (TPSA) is 61.8 Å². The molecule has 1 heterocycles. The molecule has 0 unspecified atom stereocenters. The van der Waals surface area contributed by atoms with E-state index < -0.39 is 0 Å². The van der Waals surface area contributed by atoms with E-state index in [-0.39, 0.29) is 5.96 Å². The molecule has 4 nitrogen and oxygen atoms in total. The SMILES string of the molecule is CC1(C)CCN(C(N)=NO)C1. The molecule has 0 atom stereocenters. The molecule has 0 spiro atoms. The number of nitrogens with two attached hydrogens (primary N) is 1. The van der Waals surface area contributed by atoms with Crippen molar-refractivity contribution in [2.45, 2.75) is 20.3 Å². The molecule has 0 saturated carbocycles. The number of hydrogen-bond acceptors (Lipinski definition) is 2. The van der Waals surface area contributed by atoms with Gasteiger partial charge in [-0.1, -0.05) is 19.0 Å². The van der Waals surface area contributed by atoms with Crippen LogP contribution in [0.25, 0.3) is 0 Å². The van der Waals surface area contributed by atoms with Crippen molar-refractivity contribution in [2.24, 2.45) is 16.3 Å². The van der Waals surface area contributed by atoms with Crippen LogP contribution in [0.5, 0.6) is 0 Å². The maximum absolute atomic E-state index is 8.39. The Morgan fingerprint density at radius 2 is 2.27 bits per heavy atom. The number of guanidine groups is 1. The summed E-state index contributed by atoms with van der Waals surface area (Å²) in [5.74, 6) is 0.232. The van der Waals surface area contributed by atoms with E-state index >= 15 is 0 Å². The molecule has 1 aliphatic rings. The van der Waals surface area contributed by atoms with E-state index in [2.05, 4.69) is 19.0 Å². The van der Waals surface area contributed by atoms with Crippen molar-refractivity contribution in [3.63, 3.8) is 0 Å². The van der Waals surface area contributed by atoms with Crippen molar-refractivity contribution in [3.8, 4) is 0 Å². The summed E-state index contributed by atoms with van der Waals surface area (Å²) in [6.07, 6.45) is 1.10. The molecule has 4 heteroatoms. The van der Waals surface area contributed by atoms with Crippen LogP contribution in [0.3, 0.4) is 0 Å². The molecule has 1 rings (SSSR count). The van der Waals surface area contributed by atoms with E-state index in [9.17, 15) is 0 Å². The molecule has 0 aromatic rings. The summed E-state index contributed by atoms with van der Waals surface area (Å²) in [6, 6.07) is 0. The lowest BCUT2D eigenvalue weighted by Crippen LogP contribution is -2.36. The highest BCUT2D eigenvalue weighted by atomic mass is 16.4. The predicted molar refractivity (Wildman–Crippen MR) is 43.4 cm³/mol. The zero-order valence-corrected chi connectivity index (χ0v) is 7.04. The van der Waals surface area contributed by atoms with Crippen LogP contribution in [-0.2, 0) is 0 Å². The van der Waals surface area contributed by atoms with Crippen LogP contribution in [0.4, 0.5) is 0 Å². The Kier molecular flexibility index (Phi) is 1.93. The van der Waals surface area contributed by atoms with Gasteiger partial charge in [-0.2, -0.15) is 0 Å². The van der Waals surface area contributed by atoms with Crippen LogP contribution >= 0.6 is 0 Å². The van der Waals surface area contributed by atoms with Crippen molar-refractivity contribution in [1.29, 1.82) is 0 Å². The van der Waals surface area contributed by atoms with Crippen molar-refractivity contribution in [1.82, 2.24) is 4.90 Å². The van der Waals surface area contributed by atoms with Gasteiger partial charge in [0.25, 0.3) is 0 Å². The van der Waals surface area contributed by atoms with Gasteiger partial charge >= 0.3 is 0 Å². The van der Waals surface area contributed by atoms with Crippen molar-refractivity contribution >= 4 is 5.96 Å². The van der Waals surface area contributed by atoms with Gasteiger partial charge < -0.3 is 15.8 Å². The molecule has 3 N–H and O–H groups in total. The zero-order chi connectivity index (χ0) is 8.48. The first-order valence-electron chi connectivity index (χ1n) is 3.78. The zero-order valence-electron chi connectivity index (χ0n) is 7.04. The van der Waals surface area contributed by atoms with Crippen LogP contribution in [-0.4, -0.2) is 29.2 Å². The first kappa shape index (κ1) is 8.17. The van der Waals surface area contributed by atoms with Crippen LogP contribution in [0.1, 0.15) is 20.3 Å². The predicted octanol–water partition coefficient (Wildman–Crippen LogP) is 0.422. The summed E-state index contributed by atoms with van der Waals surface area (Å²) >= 11 is 0. The maximum atomic E-state index is 8.39. The molecule has 0 aromatic heterocycles. The third-order valence-electron chi connectivity index (χ3n) is 2.10. The first-order chi connectivity index (χ1) is 5.05. The quantitative estimate of drug-likeness (QED) is 0.232. The molecule has 1 fully saturated rings. The highest BCUT2D eigenvalue weighted by Crippen LogP contribution is 2.28. The van der Waals surface area contributed by atoms with Gasteiger partial charge in [0, 0.05) is 13.1 Å². The summed E-state index contributed by atoms with van der Waals surface area (Å²) in [7, 11) is 0. The molecule has 0 aliphatic carbocycles. The number of nitrogens with zero attached hydrogens (tertiary/aromatic N) is 2. The van der Waals surface area contributed by atoms with Crippen LogP contribution in [0, 0.1) is 5.41 Å². The molecular weight excluding hydrogens is 142 g/mol. The number of oxime groups is 1. The second-order valence-electron chi connectivity index (χ2n) is 3.79. The molecule has 0 bridgehead atoms. The Balaban J connectivity index is 2.55. The molecule has 1 aliphatic heterocycles. The number of rotatable bonds is 0. The van der Waals surface area contributed by atoms with Crippen LogP contribution in [0.2, 0.25) is 0 Å². The van der Waals surface area contributed by atoms with Crippen LogP contribution < -0.4 is 5.73 Å². The summed E-state index contributed by atoms with van der Waals surface area (Å²) in [5, 5.41) is 11.3. The van der Waals surface area contributed by atoms with Crippen molar-refractivity contribution in [2.75, 3.05) is 13.1 Å². The largest absolute Gasteiger partial charge is 0.408 e. The third-order valence-corrected chi connectivity index (χ3v) is 2.10. The normalized spacial score (nSPS) is 24.2. The fourth-order valence-electron chi connectivity index (χ4n) is 1.37. The Morgan fingerprint density at radius 1 is 1.64 bits per heavy atom. The maximum Gasteiger partial charge on any atom is 0.233 e. The fraction of sp³-hybridized carbons (Fsp3) is 0.857. The minimum Gasteiger partial charge on any atom is -0.408 e. The Morgan fingerprint density at radius 3 is 2.64 bits per heavy atom. The van der Waals surface area contributed by atoms with Gasteiger partial charge in [0.05, 0.1) is 0 Å². The third kappa shape index (κ3) is 1.76. The Labute approximate surface area is 66.7 Å². The lowest BCUT2D eigenvalue weighted by molar-refractivity contribution is 0.299. The van der Waals surface area contributed by atoms with Gasteiger partial charge in [0.1, 0.15) is 0 Å². The first-order valence-corrected chi connectivity index (χ1v) is 3.78. The molecule has 0 amide bonds. The monoisotopic (exact) mass is 157 g/mol. The van der Waals surface area contributed by atoms with E-state index in [0.717, 1.165) is 19.5 Å². The van der Waals surface area contributed by atoms with Gasteiger partial charge in [-0.3, -0.25) is 0 Å².